The Morgan fingerprint density at radius 1 is 1.07 bits per heavy atom. The normalized spacial score (nSPS) is 16.3. The van der Waals surface area contributed by atoms with Gasteiger partial charge in [-0.3, -0.25) is 4.79 Å². The van der Waals surface area contributed by atoms with Gasteiger partial charge in [0.2, 0.25) is 5.91 Å². The van der Waals surface area contributed by atoms with Gasteiger partial charge in [0.25, 0.3) is 0 Å². The van der Waals surface area contributed by atoms with Crippen molar-refractivity contribution in [3.8, 4) is 0 Å². The van der Waals surface area contributed by atoms with Gasteiger partial charge in [0, 0.05) is 31.7 Å². The van der Waals surface area contributed by atoms with Gasteiger partial charge in [0.1, 0.15) is 0 Å². The predicted octanol–water partition coefficient (Wildman–Crippen LogP) is 4.64. The third kappa shape index (κ3) is 6.63. The molecule has 1 fully saturated rings. The van der Waals surface area contributed by atoms with Crippen LogP contribution in [-0.4, -0.2) is 29.9 Å². The Morgan fingerprint density at radius 3 is 2.62 bits per heavy atom. The zero-order chi connectivity index (χ0) is 20.6. The maximum atomic E-state index is 12.6. The van der Waals surface area contributed by atoms with Crippen molar-refractivity contribution in [3.63, 3.8) is 0 Å². The Hall–Kier alpha value is -2.82. The molecule has 0 aromatic heterocycles. The summed E-state index contributed by atoms with van der Waals surface area (Å²) in [5.41, 5.74) is 4.30. The Kier molecular flexibility index (Phi) is 7.28. The molecule has 5 heteroatoms. The number of likely N-dealkylation sites (tertiary alicyclic amines) is 1. The number of nitrogens with one attached hydrogen (secondary N) is 2. The van der Waals surface area contributed by atoms with Crippen molar-refractivity contribution in [2.75, 3.05) is 18.4 Å². The van der Waals surface area contributed by atoms with E-state index >= 15 is 0 Å². The van der Waals surface area contributed by atoms with E-state index in [1.54, 1.807) is 0 Å². The van der Waals surface area contributed by atoms with Crippen LogP contribution in [0, 0.1) is 19.8 Å². The molecule has 0 spiro atoms. The highest BCUT2D eigenvalue weighted by molar-refractivity contribution is 5.89. The highest BCUT2D eigenvalue weighted by atomic mass is 16.2. The van der Waals surface area contributed by atoms with Crippen LogP contribution in [0.2, 0.25) is 0 Å². The Labute approximate surface area is 173 Å². The summed E-state index contributed by atoms with van der Waals surface area (Å²) in [6.07, 6.45) is 3.37. The molecule has 0 aliphatic carbocycles. The molecule has 1 saturated heterocycles. The second kappa shape index (κ2) is 10.1. The molecular weight excluding hydrogens is 362 g/mol. The fraction of sp³-hybridized carbons (Fsp3) is 0.417. The van der Waals surface area contributed by atoms with Gasteiger partial charge in [-0.1, -0.05) is 47.5 Å². The Morgan fingerprint density at radius 2 is 1.86 bits per heavy atom. The first kappa shape index (κ1) is 20.9. The molecule has 0 saturated carbocycles. The van der Waals surface area contributed by atoms with E-state index in [2.05, 4.69) is 29.7 Å². The third-order valence-electron chi connectivity index (χ3n) is 5.46. The van der Waals surface area contributed by atoms with E-state index < -0.39 is 0 Å². The lowest BCUT2D eigenvalue weighted by Crippen LogP contribution is -2.42. The largest absolute Gasteiger partial charge is 0.352 e. The molecule has 1 heterocycles. The van der Waals surface area contributed by atoms with Crippen LogP contribution in [0.1, 0.15) is 42.4 Å². The number of urea groups is 1. The number of carbonyl (C=O) groups excluding carboxylic acids is 2. The highest BCUT2D eigenvalue weighted by Crippen LogP contribution is 2.22. The lowest BCUT2D eigenvalue weighted by atomic mass is 9.93. The van der Waals surface area contributed by atoms with Crippen LogP contribution >= 0.6 is 0 Å². The SMILES string of the molecule is Cc1ccc(NC(=O)N2CCC[C@H](CCC(=O)NCc3cccc(C)c3)C2)cc1. The number of benzene rings is 2. The molecule has 3 rings (SSSR count). The number of carbonyl (C=O) groups is 2. The molecule has 0 bridgehead atoms. The van der Waals surface area contributed by atoms with Crippen LogP contribution in [0.4, 0.5) is 10.5 Å². The summed E-state index contributed by atoms with van der Waals surface area (Å²) in [6.45, 7) is 6.12. The summed E-state index contributed by atoms with van der Waals surface area (Å²) in [4.78, 5) is 26.7. The lowest BCUT2D eigenvalue weighted by molar-refractivity contribution is -0.121. The predicted molar refractivity (Wildman–Crippen MR) is 117 cm³/mol. The van der Waals surface area contributed by atoms with Gasteiger partial charge in [-0.05, 0) is 56.7 Å². The van der Waals surface area contributed by atoms with Crippen LogP contribution in [-0.2, 0) is 11.3 Å². The summed E-state index contributed by atoms with van der Waals surface area (Å²) in [5, 5.41) is 5.98. The molecule has 1 atom stereocenters. The molecule has 5 nitrogen and oxygen atoms in total. The smallest absolute Gasteiger partial charge is 0.321 e. The van der Waals surface area contributed by atoms with Gasteiger partial charge in [0.15, 0.2) is 0 Å². The number of nitrogens with zero attached hydrogens (tertiary/aromatic N) is 1. The number of hydrogen-bond acceptors (Lipinski definition) is 2. The van der Waals surface area contributed by atoms with Crippen molar-refractivity contribution in [3.05, 3.63) is 65.2 Å². The summed E-state index contributed by atoms with van der Waals surface area (Å²) in [6, 6.07) is 16.0. The minimum absolute atomic E-state index is 0.0533. The molecule has 2 aromatic carbocycles. The zero-order valence-corrected chi connectivity index (χ0v) is 17.4. The number of anilines is 1. The average Bonchev–Trinajstić information content (AvgIpc) is 2.72. The molecule has 0 unspecified atom stereocenters. The molecule has 154 valence electrons. The Bertz CT molecular complexity index is 832. The minimum Gasteiger partial charge on any atom is -0.352 e. The lowest BCUT2D eigenvalue weighted by Gasteiger charge is -2.32. The van der Waals surface area contributed by atoms with E-state index in [1.165, 1.54) is 11.1 Å². The van der Waals surface area contributed by atoms with Crippen molar-refractivity contribution in [1.82, 2.24) is 10.2 Å². The number of amides is 3. The summed E-state index contributed by atoms with van der Waals surface area (Å²) >= 11 is 0. The molecule has 2 N–H and O–H groups in total. The average molecular weight is 394 g/mol. The highest BCUT2D eigenvalue weighted by Gasteiger charge is 2.24. The number of rotatable bonds is 6. The number of aryl methyl sites for hydroxylation is 2. The fourth-order valence-electron chi connectivity index (χ4n) is 3.77. The van der Waals surface area contributed by atoms with Crippen LogP contribution in [0.25, 0.3) is 0 Å². The van der Waals surface area contributed by atoms with Gasteiger partial charge in [-0.15, -0.1) is 0 Å². The van der Waals surface area contributed by atoms with Gasteiger partial charge >= 0.3 is 6.03 Å². The van der Waals surface area contributed by atoms with E-state index in [-0.39, 0.29) is 11.9 Å². The first-order chi connectivity index (χ1) is 14.0. The minimum atomic E-state index is -0.0533. The van der Waals surface area contributed by atoms with Crippen LogP contribution in [0.5, 0.6) is 0 Å². The first-order valence-electron chi connectivity index (χ1n) is 10.4. The molecule has 3 amide bonds. The van der Waals surface area contributed by atoms with E-state index in [0.717, 1.165) is 37.1 Å². The zero-order valence-electron chi connectivity index (χ0n) is 17.4. The molecular formula is C24H31N3O2. The van der Waals surface area contributed by atoms with Crippen molar-refractivity contribution >= 4 is 17.6 Å². The third-order valence-corrected chi connectivity index (χ3v) is 5.46. The van der Waals surface area contributed by atoms with Crippen LogP contribution in [0.3, 0.4) is 0 Å². The van der Waals surface area contributed by atoms with Crippen molar-refractivity contribution in [1.29, 1.82) is 0 Å². The second-order valence-corrected chi connectivity index (χ2v) is 8.05. The monoisotopic (exact) mass is 393 g/mol. The second-order valence-electron chi connectivity index (χ2n) is 8.05. The van der Waals surface area contributed by atoms with Gasteiger partial charge < -0.3 is 15.5 Å². The van der Waals surface area contributed by atoms with Crippen LogP contribution < -0.4 is 10.6 Å². The summed E-state index contributed by atoms with van der Waals surface area (Å²) in [7, 11) is 0. The standard InChI is InChI=1S/C24H31N3O2/c1-18-8-11-22(12-9-18)26-24(29)27-14-4-7-20(17-27)10-13-23(28)25-16-21-6-3-5-19(2)15-21/h3,5-6,8-9,11-12,15,20H,4,7,10,13-14,16-17H2,1-2H3,(H,25,28)(H,26,29)/t20-/m1/s1. The van der Waals surface area contributed by atoms with Crippen molar-refractivity contribution in [2.24, 2.45) is 5.92 Å². The van der Waals surface area contributed by atoms with Gasteiger partial charge in [0.05, 0.1) is 0 Å². The van der Waals surface area contributed by atoms with Crippen molar-refractivity contribution < 1.29 is 9.59 Å². The quantitative estimate of drug-likeness (QED) is 0.751. The van der Waals surface area contributed by atoms with Crippen LogP contribution in [0.15, 0.2) is 48.5 Å². The summed E-state index contributed by atoms with van der Waals surface area (Å²) < 4.78 is 0. The Balaban J connectivity index is 1.41. The maximum absolute atomic E-state index is 12.6. The summed E-state index contributed by atoms with van der Waals surface area (Å²) in [5.74, 6) is 0.449. The van der Waals surface area contributed by atoms with Gasteiger partial charge in [-0.2, -0.15) is 0 Å². The molecule has 2 aromatic rings. The van der Waals surface area contributed by atoms with E-state index in [0.29, 0.717) is 25.4 Å². The number of hydrogen-bond donors (Lipinski definition) is 2. The first-order valence-corrected chi connectivity index (χ1v) is 10.4. The molecule has 0 radical (unpaired) electrons. The van der Waals surface area contributed by atoms with E-state index in [4.69, 9.17) is 0 Å². The fourth-order valence-corrected chi connectivity index (χ4v) is 3.77. The van der Waals surface area contributed by atoms with Gasteiger partial charge in [-0.25, -0.2) is 4.79 Å². The molecule has 1 aliphatic heterocycles. The molecule has 29 heavy (non-hydrogen) atoms. The van der Waals surface area contributed by atoms with E-state index in [1.807, 2.05) is 48.2 Å². The topological polar surface area (TPSA) is 61.4 Å². The van der Waals surface area contributed by atoms with E-state index in [9.17, 15) is 9.59 Å². The maximum Gasteiger partial charge on any atom is 0.321 e. The molecule has 1 aliphatic rings. The number of piperidine rings is 1. The van der Waals surface area contributed by atoms with Crippen molar-refractivity contribution in [2.45, 2.75) is 46.1 Å².